The van der Waals surface area contributed by atoms with Gasteiger partial charge < -0.3 is 9.47 Å². The molecule has 0 atom stereocenters. The molecular formula is C13H15ClO4. The van der Waals surface area contributed by atoms with Gasteiger partial charge in [0.1, 0.15) is 12.4 Å². The first-order valence-electron chi connectivity index (χ1n) is 5.52. The Labute approximate surface area is 111 Å². The first kappa shape index (κ1) is 14.5. The lowest BCUT2D eigenvalue weighted by atomic mass is 10.1. The summed E-state index contributed by atoms with van der Waals surface area (Å²) in [6.45, 7) is 5.16. The van der Waals surface area contributed by atoms with Crippen molar-refractivity contribution in [1.29, 1.82) is 0 Å². The molecular weight excluding hydrogens is 256 g/mol. The Morgan fingerprint density at radius 3 is 2.44 bits per heavy atom. The number of carbonyl (C=O) groups excluding carboxylic acids is 2. The first-order chi connectivity index (χ1) is 8.38. The van der Waals surface area contributed by atoms with Crippen LogP contribution < -0.4 is 4.74 Å². The van der Waals surface area contributed by atoms with Crippen LogP contribution in [0.1, 0.15) is 36.7 Å². The Balaban J connectivity index is 2.97. The van der Waals surface area contributed by atoms with Gasteiger partial charge in [-0.05, 0) is 49.2 Å². The number of benzene rings is 1. The Hall–Kier alpha value is -1.55. The van der Waals surface area contributed by atoms with E-state index >= 15 is 0 Å². The number of hydrogen-bond donors (Lipinski definition) is 0. The Kier molecular flexibility index (Phi) is 5.16. The molecule has 0 bridgehead atoms. The van der Waals surface area contributed by atoms with Gasteiger partial charge in [0, 0.05) is 12.5 Å². The summed E-state index contributed by atoms with van der Waals surface area (Å²) in [5.74, 6) is 0.141. The Bertz CT molecular complexity index is 454. The Morgan fingerprint density at radius 1 is 1.28 bits per heavy atom. The van der Waals surface area contributed by atoms with E-state index in [0.717, 1.165) is 0 Å². The zero-order chi connectivity index (χ0) is 13.7. The van der Waals surface area contributed by atoms with Crippen LogP contribution >= 0.6 is 11.6 Å². The van der Waals surface area contributed by atoms with Gasteiger partial charge in [-0.3, -0.25) is 9.59 Å². The van der Waals surface area contributed by atoms with Crippen LogP contribution in [0.4, 0.5) is 0 Å². The molecule has 0 aliphatic heterocycles. The van der Waals surface area contributed by atoms with E-state index in [1.54, 1.807) is 18.2 Å². The third-order valence-electron chi connectivity index (χ3n) is 2.01. The molecule has 0 amide bonds. The van der Waals surface area contributed by atoms with Crippen molar-refractivity contribution in [3.05, 3.63) is 29.3 Å². The second kappa shape index (κ2) is 6.40. The van der Waals surface area contributed by atoms with Crippen LogP contribution in [0.25, 0.3) is 0 Å². The highest BCUT2D eigenvalue weighted by Gasteiger charge is 2.09. The van der Waals surface area contributed by atoms with Crippen molar-refractivity contribution in [3.63, 3.8) is 0 Å². The topological polar surface area (TPSA) is 52.6 Å². The molecule has 0 radical (unpaired) electrons. The van der Waals surface area contributed by atoms with E-state index in [1.165, 1.54) is 6.92 Å². The molecule has 18 heavy (non-hydrogen) atoms. The molecule has 0 aliphatic carbocycles. The van der Waals surface area contributed by atoms with Crippen LogP contribution in [0, 0.1) is 0 Å². The molecule has 4 nitrogen and oxygen atoms in total. The minimum atomic E-state index is -0.576. The van der Waals surface area contributed by atoms with Gasteiger partial charge in [0.2, 0.25) is 0 Å². The van der Waals surface area contributed by atoms with Crippen LogP contribution in [0.5, 0.6) is 5.75 Å². The van der Waals surface area contributed by atoms with E-state index in [9.17, 15) is 9.59 Å². The Morgan fingerprint density at radius 2 is 1.94 bits per heavy atom. The molecule has 0 heterocycles. The van der Waals surface area contributed by atoms with E-state index < -0.39 is 5.24 Å². The molecule has 0 aromatic heterocycles. The summed E-state index contributed by atoms with van der Waals surface area (Å²) < 4.78 is 10.4. The molecule has 0 unspecified atom stereocenters. The number of rotatable bonds is 5. The highest BCUT2D eigenvalue weighted by atomic mass is 35.5. The van der Waals surface area contributed by atoms with Gasteiger partial charge in [0.25, 0.3) is 5.24 Å². The maximum atomic E-state index is 11.2. The third kappa shape index (κ3) is 4.75. The molecule has 0 saturated heterocycles. The van der Waals surface area contributed by atoms with Crippen LogP contribution in [-0.2, 0) is 16.1 Å². The lowest BCUT2D eigenvalue weighted by Gasteiger charge is -2.12. The van der Waals surface area contributed by atoms with E-state index in [0.29, 0.717) is 16.9 Å². The fourth-order valence-electron chi connectivity index (χ4n) is 1.38. The molecule has 1 aromatic rings. The molecule has 0 aliphatic rings. The van der Waals surface area contributed by atoms with Gasteiger partial charge in [0.15, 0.2) is 0 Å². The molecule has 5 heteroatoms. The van der Waals surface area contributed by atoms with Gasteiger partial charge >= 0.3 is 5.97 Å². The number of halogens is 1. The molecule has 0 saturated carbocycles. The second-order valence-corrected chi connectivity index (χ2v) is 4.43. The zero-order valence-electron chi connectivity index (χ0n) is 10.5. The standard InChI is InChI=1S/C13H15ClO4/c1-8(2)18-12-5-10(7-17-9(3)15)4-11(6-12)13(14)16/h4-6,8H,7H2,1-3H3. The van der Waals surface area contributed by atoms with Gasteiger partial charge in [-0.25, -0.2) is 0 Å². The fourth-order valence-corrected chi connectivity index (χ4v) is 1.49. The van der Waals surface area contributed by atoms with Gasteiger partial charge in [-0.15, -0.1) is 0 Å². The summed E-state index contributed by atoms with van der Waals surface area (Å²) in [6.07, 6.45) is -0.0211. The van der Waals surface area contributed by atoms with Gasteiger partial charge in [-0.1, -0.05) is 0 Å². The lowest BCUT2D eigenvalue weighted by Crippen LogP contribution is -2.07. The summed E-state index contributed by atoms with van der Waals surface area (Å²) in [5, 5.41) is -0.576. The van der Waals surface area contributed by atoms with Crippen molar-refractivity contribution in [2.75, 3.05) is 0 Å². The highest BCUT2D eigenvalue weighted by molar-refractivity contribution is 6.67. The van der Waals surface area contributed by atoms with Crippen molar-refractivity contribution in [2.24, 2.45) is 0 Å². The minimum Gasteiger partial charge on any atom is -0.491 e. The number of carbonyl (C=O) groups is 2. The summed E-state index contributed by atoms with van der Waals surface area (Å²) in [7, 11) is 0. The summed E-state index contributed by atoms with van der Waals surface area (Å²) >= 11 is 5.44. The average Bonchev–Trinajstić information content (AvgIpc) is 2.25. The quantitative estimate of drug-likeness (QED) is 0.610. The van der Waals surface area contributed by atoms with Crippen molar-refractivity contribution < 1.29 is 19.1 Å². The molecule has 1 rings (SSSR count). The molecule has 0 spiro atoms. The van der Waals surface area contributed by atoms with Crippen LogP contribution in [0.3, 0.4) is 0 Å². The van der Waals surface area contributed by atoms with Crippen molar-refractivity contribution >= 4 is 22.8 Å². The van der Waals surface area contributed by atoms with Gasteiger partial charge in [0.05, 0.1) is 6.10 Å². The van der Waals surface area contributed by atoms with Crippen LogP contribution in [0.2, 0.25) is 0 Å². The highest BCUT2D eigenvalue weighted by Crippen LogP contribution is 2.20. The first-order valence-corrected chi connectivity index (χ1v) is 5.90. The van der Waals surface area contributed by atoms with Crippen LogP contribution in [0.15, 0.2) is 18.2 Å². The van der Waals surface area contributed by atoms with E-state index in [2.05, 4.69) is 0 Å². The maximum absolute atomic E-state index is 11.2. The second-order valence-electron chi connectivity index (χ2n) is 4.09. The molecule has 0 fully saturated rings. The minimum absolute atomic E-state index is 0.0211. The smallest absolute Gasteiger partial charge is 0.302 e. The number of esters is 1. The SMILES string of the molecule is CC(=O)OCc1cc(OC(C)C)cc(C(=O)Cl)c1. The third-order valence-corrected chi connectivity index (χ3v) is 2.23. The number of ether oxygens (including phenoxy) is 2. The zero-order valence-corrected chi connectivity index (χ0v) is 11.3. The average molecular weight is 271 g/mol. The van der Waals surface area contributed by atoms with Crippen molar-refractivity contribution in [2.45, 2.75) is 33.5 Å². The van der Waals surface area contributed by atoms with Crippen molar-refractivity contribution in [3.8, 4) is 5.75 Å². The van der Waals surface area contributed by atoms with E-state index in [4.69, 9.17) is 21.1 Å². The summed E-state index contributed by atoms with van der Waals surface area (Å²) in [5.41, 5.74) is 0.976. The predicted octanol–water partition coefficient (Wildman–Crippen LogP) is 2.92. The van der Waals surface area contributed by atoms with Crippen molar-refractivity contribution in [1.82, 2.24) is 0 Å². The maximum Gasteiger partial charge on any atom is 0.302 e. The molecule has 0 N–H and O–H groups in total. The summed E-state index contributed by atoms with van der Waals surface area (Å²) in [4.78, 5) is 21.9. The molecule has 98 valence electrons. The largest absolute Gasteiger partial charge is 0.491 e. The van der Waals surface area contributed by atoms with E-state index in [-0.39, 0.29) is 18.7 Å². The van der Waals surface area contributed by atoms with Crippen LogP contribution in [-0.4, -0.2) is 17.3 Å². The predicted molar refractivity (Wildman–Crippen MR) is 67.9 cm³/mol. The monoisotopic (exact) mass is 270 g/mol. The summed E-state index contributed by atoms with van der Waals surface area (Å²) in [6, 6.07) is 4.85. The molecule has 1 aromatic carbocycles. The van der Waals surface area contributed by atoms with Gasteiger partial charge in [-0.2, -0.15) is 0 Å². The number of hydrogen-bond acceptors (Lipinski definition) is 4. The lowest BCUT2D eigenvalue weighted by molar-refractivity contribution is -0.142. The fraction of sp³-hybridized carbons (Fsp3) is 0.385. The van der Waals surface area contributed by atoms with E-state index in [1.807, 2.05) is 13.8 Å². The normalized spacial score (nSPS) is 10.3.